The van der Waals surface area contributed by atoms with Gasteiger partial charge in [-0.1, -0.05) is 57.2 Å². The summed E-state index contributed by atoms with van der Waals surface area (Å²) in [7, 11) is 0. The number of fused-ring (bicyclic) bond motifs is 1. The number of halogens is 3. The molecule has 0 spiro atoms. The van der Waals surface area contributed by atoms with Crippen LogP contribution in [0.4, 0.5) is 29.3 Å². The first-order valence-corrected chi connectivity index (χ1v) is 27.1. The van der Waals surface area contributed by atoms with E-state index in [-0.39, 0.29) is 74.6 Å². The lowest BCUT2D eigenvalue weighted by Crippen LogP contribution is -2.65. The van der Waals surface area contributed by atoms with Crippen LogP contribution in [0.2, 0.25) is 0 Å². The Balaban J connectivity index is 0.694. The predicted octanol–water partition coefficient (Wildman–Crippen LogP) is 7.25. The predicted molar refractivity (Wildman–Crippen MR) is 289 cm³/mol. The third kappa shape index (κ3) is 11.5. The molecule has 0 aliphatic carbocycles. The van der Waals surface area contributed by atoms with E-state index in [1.165, 1.54) is 16.0 Å². The van der Waals surface area contributed by atoms with Crippen molar-refractivity contribution >= 4 is 63.2 Å². The minimum absolute atomic E-state index is 0.000321. The molecule has 3 aromatic heterocycles. The smallest absolute Gasteiger partial charge is 0.322 e. The van der Waals surface area contributed by atoms with Crippen molar-refractivity contribution in [1.82, 2.24) is 39.9 Å². The Morgan fingerprint density at radius 2 is 1.61 bits per heavy atom. The number of piperazine rings is 1. The van der Waals surface area contributed by atoms with Gasteiger partial charge in [-0.05, 0) is 72.2 Å². The van der Waals surface area contributed by atoms with Gasteiger partial charge in [0.05, 0.1) is 52.6 Å². The molecular weight excluding hydrogens is 1010 g/mol. The van der Waals surface area contributed by atoms with Crippen molar-refractivity contribution in [3.8, 4) is 21.6 Å². The number of H-pyrrole nitrogens is 1. The van der Waals surface area contributed by atoms with E-state index in [0.29, 0.717) is 36.1 Å². The second-order valence-corrected chi connectivity index (χ2v) is 22.7. The summed E-state index contributed by atoms with van der Waals surface area (Å²) in [5.41, 5.74) is 5.87. The quantitative estimate of drug-likeness (QED) is 0.0760. The number of aliphatic hydroxyl groups excluding tert-OH is 1. The molecule has 4 aliphatic heterocycles. The Hall–Kier alpha value is -7.00. The van der Waals surface area contributed by atoms with Crippen LogP contribution in [0.15, 0.2) is 84.6 Å². The van der Waals surface area contributed by atoms with E-state index in [9.17, 15) is 33.5 Å². The topological polar surface area (TPSA) is 187 Å². The number of nitrogens with one attached hydrogen (secondary N) is 3. The fourth-order valence-electron chi connectivity index (χ4n) is 11.0. The highest BCUT2D eigenvalue weighted by molar-refractivity contribution is 7.13. The summed E-state index contributed by atoms with van der Waals surface area (Å²) in [4.78, 5) is 90.3. The lowest BCUT2D eigenvalue weighted by Gasteiger charge is -2.48. The number of ketones is 2. The average molecular weight is 1070 g/mol. The lowest BCUT2D eigenvalue weighted by molar-refractivity contribution is -0.144. The van der Waals surface area contributed by atoms with Crippen LogP contribution in [0.3, 0.4) is 0 Å². The second-order valence-electron chi connectivity index (χ2n) is 21.8. The highest BCUT2D eigenvalue weighted by atomic mass is 32.1. The summed E-state index contributed by atoms with van der Waals surface area (Å²) in [5.74, 6) is -4.01. The summed E-state index contributed by atoms with van der Waals surface area (Å²) in [6.45, 7) is 12.5. The summed E-state index contributed by atoms with van der Waals surface area (Å²) >= 11 is 1.59. The van der Waals surface area contributed by atoms with Crippen molar-refractivity contribution in [1.29, 1.82) is 0 Å². The Kier molecular flexibility index (Phi) is 15.4. The molecule has 0 bridgehead atoms. The number of amides is 4. The van der Waals surface area contributed by atoms with Crippen molar-refractivity contribution in [2.24, 2.45) is 5.41 Å². The lowest BCUT2D eigenvalue weighted by atomic mass is 9.85. The van der Waals surface area contributed by atoms with Gasteiger partial charge in [0.1, 0.15) is 23.7 Å². The molecule has 7 heterocycles. The molecule has 4 aliphatic rings. The summed E-state index contributed by atoms with van der Waals surface area (Å²) in [6.07, 6.45) is 2.05. The molecule has 4 amide bonds. The number of pyridine rings is 1. The van der Waals surface area contributed by atoms with Crippen molar-refractivity contribution < 1.29 is 42.3 Å². The van der Waals surface area contributed by atoms with E-state index in [1.54, 1.807) is 23.6 Å². The van der Waals surface area contributed by atoms with Gasteiger partial charge >= 0.3 is 6.03 Å². The number of carbonyl (C=O) groups excluding carboxylic acids is 5. The van der Waals surface area contributed by atoms with E-state index in [2.05, 4.69) is 40.3 Å². The van der Waals surface area contributed by atoms with Crippen molar-refractivity contribution in [2.75, 3.05) is 75.7 Å². The first kappa shape index (κ1) is 53.4. The van der Waals surface area contributed by atoms with E-state index in [4.69, 9.17) is 0 Å². The number of urea groups is 1. The standard InChI is InChI=1S/C57H63F3N10O6S/c1-33-52(77-32-63-33)36-8-5-34(6-9-36)7-16-47(72)46-24-41(71)30-70(46)55(75)53(57(2,3)4)65-48(73)31-66-28-40(29-66)68-21-19-67(20-22-68)39-12-10-35(11-13-39)37-23-42-43(26-62-54(42)61-25-37)51(74)49-44(59)14-15-45(50(49)60)64-56(76)69-18-17-38(58)27-69/h5-6,8-15,23,25-26,32,38,40-41,46,53,71H,7,16-22,24,27-31H2,1-4H3,(H,61,62)(H,64,76)(H,65,73)/t38-,41-,46+,53-/m1/s1. The first-order valence-electron chi connectivity index (χ1n) is 26.2. The molecule has 3 aromatic carbocycles. The fourth-order valence-corrected chi connectivity index (χ4v) is 11.8. The molecule has 77 heavy (non-hydrogen) atoms. The van der Waals surface area contributed by atoms with Gasteiger partial charge in [0, 0.05) is 106 Å². The van der Waals surface area contributed by atoms with Crippen LogP contribution in [-0.4, -0.2) is 165 Å². The number of benzene rings is 3. The average Bonchev–Trinajstić information content (AvgIpc) is 4.26. The van der Waals surface area contributed by atoms with Crippen LogP contribution >= 0.6 is 11.3 Å². The van der Waals surface area contributed by atoms with Gasteiger partial charge in [0.15, 0.2) is 11.6 Å². The Bertz CT molecular complexity index is 3190. The Labute approximate surface area is 448 Å². The van der Waals surface area contributed by atoms with Crippen molar-refractivity contribution in [2.45, 2.75) is 83.8 Å². The van der Waals surface area contributed by atoms with Crippen LogP contribution in [0.5, 0.6) is 0 Å². The molecule has 20 heteroatoms. The zero-order valence-corrected chi connectivity index (χ0v) is 44.3. The normalized spacial score (nSPS) is 19.9. The minimum Gasteiger partial charge on any atom is -0.391 e. The van der Waals surface area contributed by atoms with Gasteiger partial charge in [-0.25, -0.2) is 27.9 Å². The number of nitrogens with zero attached hydrogens (tertiary/aromatic N) is 7. The third-order valence-electron chi connectivity index (χ3n) is 15.4. The number of thiazole rings is 1. The maximum Gasteiger partial charge on any atom is 0.322 e. The zero-order chi connectivity index (χ0) is 54.3. The maximum atomic E-state index is 15.8. The molecule has 4 saturated heterocycles. The number of Topliss-reactive ketones (excluding diaryl/α,β-unsaturated/α-hetero) is 1. The van der Waals surface area contributed by atoms with Crippen LogP contribution in [-0.2, 0) is 20.8 Å². The molecular formula is C57H63F3N10O6S. The molecule has 0 radical (unpaired) electrons. The summed E-state index contributed by atoms with van der Waals surface area (Å²) in [5, 5.41) is 16.4. The largest absolute Gasteiger partial charge is 0.391 e. The van der Waals surface area contributed by atoms with Crippen LogP contribution in [0, 0.1) is 24.0 Å². The Morgan fingerprint density at radius 1 is 0.883 bits per heavy atom. The number of hydrogen-bond acceptors (Lipinski definition) is 12. The minimum atomic E-state index is -1.23. The van der Waals surface area contributed by atoms with Crippen LogP contribution in [0.25, 0.3) is 32.6 Å². The number of β-amino-alcohol motifs (C(OH)–C–C–N with tert-alkyl or cyclic N) is 1. The molecule has 4 N–H and O–H groups in total. The van der Waals surface area contributed by atoms with Gasteiger partial charge in [0.2, 0.25) is 17.6 Å². The van der Waals surface area contributed by atoms with E-state index in [1.807, 2.05) is 81.7 Å². The molecule has 10 rings (SSSR count). The number of carbonyl (C=O) groups is 5. The number of hydrogen-bond donors (Lipinski definition) is 4. The molecule has 16 nitrogen and oxygen atoms in total. The molecule has 0 saturated carbocycles. The van der Waals surface area contributed by atoms with Gasteiger partial charge in [-0.3, -0.25) is 29.0 Å². The molecule has 0 unspecified atom stereocenters. The van der Waals surface area contributed by atoms with Crippen LogP contribution in [0.1, 0.15) is 67.2 Å². The van der Waals surface area contributed by atoms with Crippen molar-refractivity contribution in [3.63, 3.8) is 0 Å². The highest BCUT2D eigenvalue weighted by Gasteiger charge is 2.45. The number of likely N-dealkylation sites (tertiary alicyclic amines) is 3. The van der Waals surface area contributed by atoms with Gasteiger partial charge in [-0.15, -0.1) is 11.3 Å². The number of aromatic amines is 1. The van der Waals surface area contributed by atoms with Gasteiger partial charge in [-0.2, -0.15) is 0 Å². The highest BCUT2D eigenvalue weighted by Crippen LogP contribution is 2.33. The monoisotopic (exact) mass is 1070 g/mol. The summed E-state index contributed by atoms with van der Waals surface area (Å²) in [6, 6.07) is 17.6. The van der Waals surface area contributed by atoms with Crippen LogP contribution < -0.4 is 15.5 Å². The number of aryl methyl sites for hydroxylation is 2. The zero-order valence-electron chi connectivity index (χ0n) is 43.5. The second kappa shape index (κ2) is 22.2. The SMILES string of the molecule is Cc1ncsc1-c1ccc(CCC(=O)[C@@H]2C[C@@H](O)CN2C(=O)[C@@H](NC(=O)CN2CC(N3CCN(c4ccc(-c5cnc6[nH]cc(C(=O)c7c(F)ccc(NC(=O)N8CC[C@@H](F)C8)c7F)c6c5)cc4)CC3)C2)C(C)(C)C)cc1. The van der Waals surface area contributed by atoms with Gasteiger partial charge < -0.3 is 35.4 Å². The maximum absolute atomic E-state index is 15.8. The number of aromatic nitrogens is 3. The number of alkyl halides is 1. The molecule has 404 valence electrons. The molecule has 4 fully saturated rings. The number of aliphatic hydroxyl groups is 1. The molecule has 4 atom stereocenters. The van der Waals surface area contributed by atoms with E-state index < -0.39 is 64.5 Å². The number of anilines is 2. The first-order chi connectivity index (χ1) is 36.9. The Morgan fingerprint density at radius 3 is 2.29 bits per heavy atom. The third-order valence-corrected chi connectivity index (χ3v) is 16.4. The van der Waals surface area contributed by atoms with Gasteiger partial charge in [0.25, 0.3) is 0 Å². The fraction of sp³-hybridized carbons (Fsp3) is 0.421. The van der Waals surface area contributed by atoms with Crippen molar-refractivity contribution in [3.05, 3.63) is 119 Å². The molecule has 6 aromatic rings. The van der Waals surface area contributed by atoms with E-state index in [0.717, 1.165) is 71.3 Å². The van der Waals surface area contributed by atoms with E-state index >= 15 is 8.78 Å². The number of rotatable bonds is 15. The summed E-state index contributed by atoms with van der Waals surface area (Å²) < 4.78 is 44.6.